The van der Waals surface area contributed by atoms with Crippen molar-refractivity contribution in [1.29, 1.82) is 0 Å². The minimum Gasteiger partial charge on any atom is -0.326 e. The van der Waals surface area contributed by atoms with Gasteiger partial charge in [-0.25, -0.2) is 4.39 Å². The van der Waals surface area contributed by atoms with E-state index in [2.05, 4.69) is 0 Å². The Hall–Kier alpha value is -0.940. The van der Waals surface area contributed by atoms with Crippen molar-refractivity contribution in [2.75, 3.05) is 0 Å². The van der Waals surface area contributed by atoms with Crippen LogP contribution in [0.25, 0.3) is 0 Å². The van der Waals surface area contributed by atoms with Gasteiger partial charge >= 0.3 is 0 Å². The molecule has 2 aromatic carbocycles. The summed E-state index contributed by atoms with van der Waals surface area (Å²) in [5, 5.41) is 0.861. The van der Waals surface area contributed by atoms with E-state index >= 15 is 0 Å². The Morgan fingerprint density at radius 1 is 1.10 bits per heavy atom. The van der Waals surface area contributed by atoms with Crippen molar-refractivity contribution in [3.8, 4) is 0 Å². The minimum absolute atomic E-state index is 0.188. The molecule has 0 heterocycles. The highest BCUT2D eigenvalue weighted by atomic mass is 35.5. The molecule has 2 nitrogen and oxygen atoms in total. The Morgan fingerprint density at radius 3 is 2.55 bits per heavy atom. The zero-order valence-electron chi connectivity index (χ0n) is 10.4. The molecule has 0 spiro atoms. The summed E-state index contributed by atoms with van der Waals surface area (Å²) in [6.07, 6.45) is 0. The van der Waals surface area contributed by atoms with Crippen LogP contribution in [0.1, 0.15) is 11.1 Å². The summed E-state index contributed by atoms with van der Waals surface area (Å²) in [4.78, 5) is 0.464. The van der Waals surface area contributed by atoms with Crippen LogP contribution in [-0.4, -0.2) is 4.21 Å². The smallest absolute Gasteiger partial charge is 0.123 e. The molecule has 0 radical (unpaired) electrons. The SMILES string of the molecule is NCc1cc(F)ccc1CS(=O)c1cc(Cl)ccc1Cl. The molecule has 2 N–H and O–H groups in total. The third-order valence-corrected chi connectivity index (χ3v) is 4.89. The molecule has 0 aliphatic heterocycles. The second-order valence-corrected chi connectivity index (χ2v) is 6.44. The summed E-state index contributed by atoms with van der Waals surface area (Å²) in [6.45, 7) is 0.188. The van der Waals surface area contributed by atoms with Crippen LogP contribution in [0.4, 0.5) is 4.39 Å². The van der Waals surface area contributed by atoms with Crippen LogP contribution < -0.4 is 5.73 Å². The highest BCUT2D eigenvalue weighted by molar-refractivity contribution is 7.84. The topological polar surface area (TPSA) is 43.1 Å². The van der Waals surface area contributed by atoms with Crippen molar-refractivity contribution in [3.63, 3.8) is 0 Å². The second kappa shape index (κ2) is 6.68. The highest BCUT2D eigenvalue weighted by Crippen LogP contribution is 2.26. The fourth-order valence-electron chi connectivity index (χ4n) is 1.80. The molecule has 0 fully saturated rings. The third kappa shape index (κ3) is 3.58. The van der Waals surface area contributed by atoms with E-state index in [0.29, 0.717) is 20.5 Å². The number of hydrogen-bond donors (Lipinski definition) is 1. The highest BCUT2D eigenvalue weighted by Gasteiger charge is 2.12. The van der Waals surface area contributed by atoms with Gasteiger partial charge in [-0.3, -0.25) is 4.21 Å². The quantitative estimate of drug-likeness (QED) is 0.923. The van der Waals surface area contributed by atoms with Gasteiger partial charge in [0.25, 0.3) is 0 Å². The first kappa shape index (κ1) is 15.4. The average molecular weight is 332 g/mol. The van der Waals surface area contributed by atoms with Gasteiger partial charge < -0.3 is 5.73 Å². The van der Waals surface area contributed by atoms with Crippen molar-refractivity contribution < 1.29 is 8.60 Å². The van der Waals surface area contributed by atoms with E-state index in [0.717, 1.165) is 5.56 Å². The standard InChI is InChI=1S/C14H12Cl2FNOS/c15-11-2-4-13(16)14(6-11)20(19)8-9-1-3-12(17)5-10(9)7-18/h1-6H,7-8,18H2. The van der Waals surface area contributed by atoms with Gasteiger partial charge in [0.1, 0.15) is 5.82 Å². The van der Waals surface area contributed by atoms with E-state index in [1.54, 1.807) is 24.3 Å². The molecule has 0 amide bonds. The van der Waals surface area contributed by atoms with Crippen LogP contribution in [0.15, 0.2) is 41.3 Å². The van der Waals surface area contributed by atoms with Crippen molar-refractivity contribution in [2.45, 2.75) is 17.2 Å². The molecule has 0 bridgehead atoms. The second-order valence-electron chi connectivity index (χ2n) is 4.18. The van der Waals surface area contributed by atoms with E-state index < -0.39 is 10.8 Å². The maximum Gasteiger partial charge on any atom is 0.123 e. The number of nitrogens with two attached hydrogens (primary N) is 1. The molecule has 1 atom stereocenters. The first-order chi connectivity index (χ1) is 9.51. The van der Waals surface area contributed by atoms with E-state index in [1.165, 1.54) is 12.1 Å². The van der Waals surface area contributed by atoms with Crippen molar-refractivity contribution in [3.05, 3.63) is 63.4 Å². The Labute approximate surface area is 129 Å². The summed E-state index contributed by atoms with van der Waals surface area (Å²) in [7, 11) is -1.37. The monoisotopic (exact) mass is 331 g/mol. The van der Waals surface area contributed by atoms with Gasteiger partial charge in [0.2, 0.25) is 0 Å². The van der Waals surface area contributed by atoms with E-state index in [9.17, 15) is 8.60 Å². The Balaban J connectivity index is 2.30. The van der Waals surface area contributed by atoms with Crippen LogP contribution in [0, 0.1) is 5.82 Å². The molecule has 0 aliphatic rings. The van der Waals surface area contributed by atoms with Gasteiger partial charge in [0, 0.05) is 11.6 Å². The zero-order chi connectivity index (χ0) is 14.7. The summed E-state index contributed by atoms with van der Waals surface area (Å²) in [6, 6.07) is 9.08. The predicted octanol–water partition coefficient (Wildman–Crippen LogP) is 3.90. The van der Waals surface area contributed by atoms with E-state index in [4.69, 9.17) is 28.9 Å². The molecule has 2 aromatic rings. The molecule has 2 rings (SSSR count). The number of hydrogen-bond acceptors (Lipinski definition) is 2. The Morgan fingerprint density at radius 2 is 1.85 bits per heavy atom. The lowest BCUT2D eigenvalue weighted by Crippen LogP contribution is -2.05. The van der Waals surface area contributed by atoms with Gasteiger partial charge in [-0.15, -0.1) is 0 Å². The summed E-state index contributed by atoms with van der Waals surface area (Å²) in [5.41, 5.74) is 6.95. The lowest BCUT2D eigenvalue weighted by Gasteiger charge is -2.09. The zero-order valence-corrected chi connectivity index (χ0v) is 12.7. The molecular formula is C14H12Cl2FNOS. The number of benzene rings is 2. The van der Waals surface area contributed by atoms with Gasteiger partial charge in [0.05, 0.1) is 26.5 Å². The maximum absolute atomic E-state index is 13.1. The number of rotatable bonds is 4. The molecule has 20 heavy (non-hydrogen) atoms. The molecule has 106 valence electrons. The predicted molar refractivity (Wildman–Crippen MR) is 80.9 cm³/mol. The molecule has 0 saturated carbocycles. The van der Waals surface area contributed by atoms with Crippen LogP contribution in [0.2, 0.25) is 10.0 Å². The first-order valence-corrected chi connectivity index (χ1v) is 7.89. The minimum atomic E-state index is -1.37. The molecule has 0 aliphatic carbocycles. The normalized spacial score (nSPS) is 12.4. The summed E-state index contributed by atoms with van der Waals surface area (Å²) < 4.78 is 25.5. The average Bonchev–Trinajstić information content (AvgIpc) is 2.43. The summed E-state index contributed by atoms with van der Waals surface area (Å²) >= 11 is 11.9. The van der Waals surface area contributed by atoms with Crippen LogP contribution in [0.3, 0.4) is 0 Å². The maximum atomic E-state index is 13.1. The van der Waals surface area contributed by atoms with Gasteiger partial charge in [-0.1, -0.05) is 29.3 Å². The largest absolute Gasteiger partial charge is 0.326 e. The van der Waals surface area contributed by atoms with Crippen LogP contribution >= 0.6 is 23.2 Å². The molecule has 0 saturated heterocycles. The summed E-state index contributed by atoms with van der Waals surface area (Å²) in [5.74, 6) is -0.145. The molecule has 1 unspecified atom stereocenters. The fraction of sp³-hybridized carbons (Fsp3) is 0.143. The molecule has 0 aromatic heterocycles. The van der Waals surface area contributed by atoms with Gasteiger partial charge in [-0.05, 0) is 41.5 Å². The van der Waals surface area contributed by atoms with Gasteiger partial charge in [-0.2, -0.15) is 0 Å². The third-order valence-electron chi connectivity index (χ3n) is 2.81. The van der Waals surface area contributed by atoms with Crippen LogP contribution in [-0.2, 0) is 23.1 Å². The van der Waals surface area contributed by atoms with Crippen molar-refractivity contribution in [2.24, 2.45) is 5.73 Å². The number of halogens is 3. The van der Waals surface area contributed by atoms with Crippen LogP contribution in [0.5, 0.6) is 0 Å². The Kier molecular flexibility index (Phi) is 5.16. The molecule has 6 heteroatoms. The lowest BCUT2D eigenvalue weighted by molar-refractivity contribution is 0.624. The van der Waals surface area contributed by atoms with Crippen molar-refractivity contribution >= 4 is 34.0 Å². The Bertz CT molecular complexity index is 664. The fourth-order valence-corrected chi connectivity index (χ4v) is 3.67. The first-order valence-electron chi connectivity index (χ1n) is 5.82. The van der Waals surface area contributed by atoms with Gasteiger partial charge in [0.15, 0.2) is 0 Å². The van der Waals surface area contributed by atoms with E-state index in [-0.39, 0.29) is 18.1 Å². The molecular weight excluding hydrogens is 320 g/mol. The van der Waals surface area contributed by atoms with E-state index in [1.807, 2.05) is 0 Å². The lowest BCUT2D eigenvalue weighted by atomic mass is 10.1. The van der Waals surface area contributed by atoms with Crippen molar-refractivity contribution in [1.82, 2.24) is 0 Å².